The minimum absolute atomic E-state index is 0.167. The quantitative estimate of drug-likeness (QED) is 0.708. The molecule has 2 aromatic heterocycles. The van der Waals surface area contributed by atoms with Crippen LogP contribution in [0.2, 0.25) is 0 Å². The number of likely N-dealkylation sites (tertiary alicyclic amines) is 1. The zero-order chi connectivity index (χ0) is 17.6. The van der Waals surface area contributed by atoms with Gasteiger partial charge >= 0.3 is 0 Å². The summed E-state index contributed by atoms with van der Waals surface area (Å²) in [6, 6.07) is 3.93. The fraction of sp³-hybridized carbons (Fsp3) is 0.588. The van der Waals surface area contributed by atoms with Crippen molar-refractivity contribution in [3.8, 4) is 5.75 Å². The lowest BCUT2D eigenvalue weighted by molar-refractivity contribution is 0.151. The third-order valence-corrected chi connectivity index (χ3v) is 3.94. The van der Waals surface area contributed by atoms with Gasteiger partial charge in [0.1, 0.15) is 18.5 Å². The zero-order valence-corrected chi connectivity index (χ0v) is 15.0. The average molecular weight is 347 g/mol. The van der Waals surface area contributed by atoms with Crippen LogP contribution in [0.1, 0.15) is 23.8 Å². The van der Waals surface area contributed by atoms with Crippen LogP contribution < -0.4 is 4.74 Å². The smallest absolute Gasteiger partial charge is 0.252 e. The maximum absolute atomic E-state index is 6.12. The van der Waals surface area contributed by atoms with Gasteiger partial charge in [-0.3, -0.25) is 9.88 Å². The number of ether oxygens (including phenoxy) is 2. The monoisotopic (exact) mass is 347 g/mol. The van der Waals surface area contributed by atoms with Crippen LogP contribution in [0, 0.1) is 0 Å². The number of hydrogen-bond donors (Lipinski definition) is 0. The zero-order valence-electron chi connectivity index (χ0n) is 15.0. The highest BCUT2D eigenvalue weighted by Crippen LogP contribution is 2.20. The van der Waals surface area contributed by atoms with Gasteiger partial charge in [0, 0.05) is 39.0 Å². The molecule has 0 spiro atoms. The summed E-state index contributed by atoms with van der Waals surface area (Å²) in [6.45, 7) is 3.61. The van der Waals surface area contributed by atoms with Crippen molar-refractivity contribution in [3.63, 3.8) is 0 Å². The molecule has 136 valence electrons. The molecule has 3 rings (SSSR count). The minimum atomic E-state index is 0.167. The molecule has 1 saturated heterocycles. The molecular formula is C17H25N5O3. The van der Waals surface area contributed by atoms with Crippen LogP contribution in [0.5, 0.6) is 5.75 Å². The van der Waals surface area contributed by atoms with E-state index in [1.54, 1.807) is 13.3 Å². The van der Waals surface area contributed by atoms with Crippen LogP contribution in [-0.4, -0.2) is 65.3 Å². The first-order chi connectivity index (χ1) is 12.1. The first kappa shape index (κ1) is 17.8. The molecule has 1 aliphatic heterocycles. The van der Waals surface area contributed by atoms with Gasteiger partial charge in [-0.05, 0) is 26.6 Å². The molecule has 8 nitrogen and oxygen atoms in total. The first-order valence-corrected chi connectivity index (χ1v) is 8.41. The van der Waals surface area contributed by atoms with E-state index in [4.69, 9.17) is 14.0 Å². The Labute approximate surface area is 147 Å². The molecule has 0 saturated carbocycles. The van der Waals surface area contributed by atoms with E-state index in [0.717, 1.165) is 37.5 Å². The van der Waals surface area contributed by atoms with E-state index in [-0.39, 0.29) is 6.10 Å². The maximum Gasteiger partial charge on any atom is 0.252 e. The molecule has 1 aliphatic rings. The van der Waals surface area contributed by atoms with Gasteiger partial charge in [0.25, 0.3) is 5.89 Å². The summed E-state index contributed by atoms with van der Waals surface area (Å²) in [7, 11) is 5.66. The largest absolute Gasteiger partial charge is 0.489 e. The molecule has 0 amide bonds. The number of aromatic nitrogens is 3. The summed E-state index contributed by atoms with van der Waals surface area (Å²) in [4.78, 5) is 13.0. The summed E-state index contributed by atoms with van der Waals surface area (Å²) in [5.74, 6) is 2.07. The van der Waals surface area contributed by atoms with E-state index >= 15 is 0 Å². The summed E-state index contributed by atoms with van der Waals surface area (Å²) in [5, 5.41) is 3.98. The Morgan fingerprint density at radius 3 is 3.08 bits per heavy atom. The third-order valence-electron chi connectivity index (χ3n) is 3.94. The van der Waals surface area contributed by atoms with Crippen molar-refractivity contribution in [2.75, 3.05) is 34.3 Å². The van der Waals surface area contributed by atoms with Gasteiger partial charge in [0.15, 0.2) is 5.82 Å². The highest BCUT2D eigenvalue weighted by Gasteiger charge is 2.25. The lowest BCUT2D eigenvalue weighted by Gasteiger charge is -2.16. The second-order valence-electron chi connectivity index (χ2n) is 6.52. The third kappa shape index (κ3) is 5.22. The Morgan fingerprint density at radius 1 is 1.40 bits per heavy atom. The van der Waals surface area contributed by atoms with Crippen LogP contribution in [0.25, 0.3) is 0 Å². The van der Waals surface area contributed by atoms with E-state index in [0.29, 0.717) is 24.9 Å². The van der Waals surface area contributed by atoms with Crippen molar-refractivity contribution < 1.29 is 14.0 Å². The Morgan fingerprint density at radius 2 is 2.28 bits per heavy atom. The lowest BCUT2D eigenvalue weighted by atomic mass is 10.3. The normalized spacial score (nSPS) is 18.2. The summed E-state index contributed by atoms with van der Waals surface area (Å²) < 4.78 is 16.2. The number of nitrogens with zero attached hydrogens (tertiary/aromatic N) is 5. The van der Waals surface area contributed by atoms with Crippen LogP contribution in [0.15, 0.2) is 22.9 Å². The topological polar surface area (TPSA) is 76.8 Å². The second-order valence-corrected chi connectivity index (χ2v) is 6.52. The molecule has 0 N–H and O–H groups in total. The predicted octanol–water partition coefficient (Wildman–Crippen LogP) is 1.33. The van der Waals surface area contributed by atoms with Gasteiger partial charge in [-0.25, -0.2) is 0 Å². The Bertz CT molecular complexity index is 676. The van der Waals surface area contributed by atoms with Gasteiger partial charge in [-0.1, -0.05) is 5.16 Å². The van der Waals surface area contributed by atoms with Crippen molar-refractivity contribution in [2.45, 2.75) is 32.2 Å². The molecule has 0 aromatic carbocycles. The number of hydrogen-bond acceptors (Lipinski definition) is 8. The second kappa shape index (κ2) is 8.37. The molecule has 8 heteroatoms. The molecule has 2 aromatic rings. The summed E-state index contributed by atoms with van der Waals surface area (Å²) in [5.41, 5.74) is 1.01. The molecular weight excluding hydrogens is 322 g/mol. The Balaban J connectivity index is 1.50. The van der Waals surface area contributed by atoms with Gasteiger partial charge in [0.05, 0.1) is 12.2 Å². The standard InChI is InChI=1S/C17H25N5O3/c1-21(2)9-13-8-14(4-6-18-13)24-15-5-7-22(10-15)11-16-19-17(12-23-3)25-20-16/h4,6,8,15H,5,7,9-12H2,1-3H3. The molecule has 0 bridgehead atoms. The molecule has 0 aliphatic carbocycles. The van der Waals surface area contributed by atoms with Crippen LogP contribution in [0.3, 0.4) is 0 Å². The molecule has 1 unspecified atom stereocenters. The number of methoxy groups -OCH3 is 1. The van der Waals surface area contributed by atoms with E-state index in [9.17, 15) is 0 Å². The van der Waals surface area contributed by atoms with Gasteiger partial charge in [-0.15, -0.1) is 0 Å². The summed E-state index contributed by atoms with van der Waals surface area (Å²) in [6.07, 6.45) is 2.95. The Hall–Kier alpha value is -2.03. The number of rotatable bonds is 8. The minimum Gasteiger partial charge on any atom is -0.489 e. The summed E-state index contributed by atoms with van der Waals surface area (Å²) >= 11 is 0. The van der Waals surface area contributed by atoms with Crippen molar-refractivity contribution in [2.24, 2.45) is 0 Å². The van der Waals surface area contributed by atoms with E-state index in [1.807, 2.05) is 26.2 Å². The first-order valence-electron chi connectivity index (χ1n) is 8.41. The maximum atomic E-state index is 6.12. The van der Waals surface area contributed by atoms with E-state index in [2.05, 4.69) is 24.9 Å². The van der Waals surface area contributed by atoms with E-state index < -0.39 is 0 Å². The van der Waals surface area contributed by atoms with Gasteiger partial charge in [-0.2, -0.15) is 4.98 Å². The average Bonchev–Trinajstić information content (AvgIpc) is 3.18. The van der Waals surface area contributed by atoms with Crippen molar-refractivity contribution in [1.82, 2.24) is 24.9 Å². The molecule has 0 radical (unpaired) electrons. The lowest BCUT2D eigenvalue weighted by Crippen LogP contribution is -2.25. The van der Waals surface area contributed by atoms with Crippen LogP contribution >= 0.6 is 0 Å². The molecule has 25 heavy (non-hydrogen) atoms. The van der Waals surface area contributed by atoms with Crippen LogP contribution in [0.4, 0.5) is 0 Å². The van der Waals surface area contributed by atoms with E-state index in [1.165, 1.54) is 0 Å². The van der Waals surface area contributed by atoms with Crippen molar-refractivity contribution >= 4 is 0 Å². The highest BCUT2D eigenvalue weighted by molar-refractivity contribution is 5.23. The SMILES string of the molecule is COCc1nc(CN2CCC(Oc3ccnc(CN(C)C)c3)C2)no1. The molecule has 3 heterocycles. The highest BCUT2D eigenvalue weighted by atomic mass is 16.5. The Kier molecular flexibility index (Phi) is 5.95. The fourth-order valence-electron chi connectivity index (χ4n) is 2.91. The van der Waals surface area contributed by atoms with Crippen molar-refractivity contribution in [1.29, 1.82) is 0 Å². The predicted molar refractivity (Wildman–Crippen MR) is 90.9 cm³/mol. The fourth-order valence-corrected chi connectivity index (χ4v) is 2.91. The molecule has 1 atom stereocenters. The van der Waals surface area contributed by atoms with Crippen LogP contribution in [-0.2, 0) is 24.4 Å². The van der Waals surface area contributed by atoms with Gasteiger partial charge in [0.2, 0.25) is 0 Å². The number of pyridine rings is 1. The van der Waals surface area contributed by atoms with Gasteiger partial charge < -0.3 is 18.9 Å². The van der Waals surface area contributed by atoms with Crippen molar-refractivity contribution in [3.05, 3.63) is 35.7 Å². The molecule has 1 fully saturated rings.